The number of thiocarbonyl (C=S) groups is 1. The van der Waals surface area contributed by atoms with E-state index in [2.05, 4.69) is 0 Å². The van der Waals surface area contributed by atoms with Gasteiger partial charge in [-0.2, -0.15) is 0 Å². The van der Waals surface area contributed by atoms with Crippen LogP contribution >= 0.6 is 24.0 Å². The topological polar surface area (TPSA) is 46.6 Å². The molecule has 0 saturated carbocycles. The largest absolute Gasteiger partial charge is 0.464 e. The van der Waals surface area contributed by atoms with Gasteiger partial charge in [-0.3, -0.25) is 14.5 Å². The summed E-state index contributed by atoms with van der Waals surface area (Å²) >= 11 is 6.17. The lowest BCUT2D eigenvalue weighted by molar-refractivity contribution is -0.146. The van der Waals surface area contributed by atoms with Crippen molar-refractivity contribution in [1.82, 2.24) is 4.90 Å². The highest BCUT2D eigenvalue weighted by Crippen LogP contribution is 2.32. The Morgan fingerprint density at radius 1 is 1.43 bits per heavy atom. The summed E-state index contributed by atoms with van der Waals surface area (Å²) in [5.74, 6) is -1.32. The third-order valence-electron chi connectivity index (χ3n) is 3.11. The molecule has 0 aliphatic carbocycles. The predicted octanol–water partition coefficient (Wildman–Crippen LogP) is 3.37. The zero-order chi connectivity index (χ0) is 16.8. The number of unbranched alkanes of at least 4 members (excludes halogenated alkanes) is 1. The molecule has 0 unspecified atom stereocenters. The van der Waals surface area contributed by atoms with E-state index in [0.29, 0.717) is 17.1 Å². The average Bonchev–Trinajstić information content (AvgIpc) is 2.77. The molecule has 1 aliphatic rings. The van der Waals surface area contributed by atoms with Crippen LogP contribution in [0.4, 0.5) is 4.39 Å². The van der Waals surface area contributed by atoms with Crippen molar-refractivity contribution >= 4 is 46.3 Å². The summed E-state index contributed by atoms with van der Waals surface area (Å²) in [5.41, 5.74) is 0.304. The smallest absolute Gasteiger partial charge is 0.326 e. The number of carbonyl (C=O) groups is 2. The number of esters is 1. The van der Waals surface area contributed by atoms with Gasteiger partial charge in [0.15, 0.2) is 0 Å². The van der Waals surface area contributed by atoms with Gasteiger partial charge < -0.3 is 4.74 Å². The maximum Gasteiger partial charge on any atom is 0.326 e. The van der Waals surface area contributed by atoms with E-state index in [9.17, 15) is 14.0 Å². The average molecular weight is 353 g/mol. The molecule has 4 nitrogen and oxygen atoms in total. The van der Waals surface area contributed by atoms with Gasteiger partial charge in [0.05, 0.1) is 11.5 Å². The molecule has 1 aromatic rings. The monoisotopic (exact) mass is 353 g/mol. The van der Waals surface area contributed by atoms with Crippen molar-refractivity contribution in [3.63, 3.8) is 0 Å². The highest BCUT2D eigenvalue weighted by molar-refractivity contribution is 8.26. The fourth-order valence-corrected chi connectivity index (χ4v) is 3.12. The van der Waals surface area contributed by atoms with Crippen molar-refractivity contribution in [3.8, 4) is 0 Å². The first kappa shape index (κ1) is 17.6. The predicted molar refractivity (Wildman–Crippen MR) is 92.1 cm³/mol. The molecule has 23 heavy (non-hydrogen) atoms. The van der Waals surface area contributed by atoms with E-state index in [1.54, 1.807) is 18.2 Å². The standard InChI is InChI=1S/C16H16FNO3S2/c1-2-3-8-21-14(19)10-18-15(20)13(23-16(18)22)9-11-6-4-5-7-12(11)17/h4-7,9H,2-3,8,10H2,1H3/b13-9-. The van der Waals surface area contributed by atoms with Gasteiger partial charge in [-0.05, 0) is 18.6 Å². The van der Waals surface area contributed by atoms with Crippen LogP contribution in [0, 0.1) is 5.82 Å². The van der Waals surface area contributed by atoms with Crippen molar-refractivity contribution in [1.29, 1.82) is 0 Å². The maximum atomic E-state index is 13.7. The minimum atomic E-state index is -0.498. The second-order valence-corrected chi connectivity index (χ2v) is 6.54. The number of hydrogen-bond acceptors (Lipinski definition) is 5. The van der Waals surface area contributed by atoms with Gasteiger partial charge in [-0.1, -0.05) is 55.5 Å². The minimum Gasteiger partial charge on any atom is -0.464 e. The number of benzene rings is 1. The van der Waals surface area contributed by atoms with Crippen LogP contribution in [0.1, 0.15) is 25.3 Å². The quantitative estimate of drug-likeness (QED) is 0.340. The molecule has 0 N–H and O–H groups in total. The van der Waals surface area contributed by atoms with Crippen LogP contribution in [0.25, 0.3) is 6.08 Å². The Kier molecular flexibility index (Phi) is 6.29. The van der Waals surface area contributed by atoms with Crippen LogP contribution in [0.15, 0.2) is 29.2 Å². The van der Waals surface area contributed by atoms with E-state index < -0.39 is 17.7 Å². The number of nitrogens with zero attached hydrogens (tertiary/aromatic N) is 1. The minimum absolute atomic E-state index is 0.219. The summed E-state index contributed by atoms with van der Waals surface area (Å²) in [7, 11) is 0. The number of ether oxygens (including phenoxy) is 1. The van der Waals surface area contributed by atoms with Crippen LogP contribution in [0.2, 0.25) is 0 Å². The normalized spacial score (nSPS) is 16.3. The summed E-state index contributed by atoms with van der Waals surface area (Å²) in [4.78, 5) is 25.5. The van der Waals surface area contributed by atoms with Gasteiger partial charge in [0.2, 0.25) is 0 Å². The summed E-state index contributed by atoms with van der Waals surface area (Å²) in [6, 6.07) is 6.14. The maximum absolute atomic E-state index is 13.7. The Balaban J connectivity index is 2.05. The molecular formula is C16H16FNO3S2. The van der Waals surface area contributed by atoms with Crippen LogP contribution in [-0.2, 0) is 14.3 Å². The molecule has 1 aliphatic heterocycles. The van der Waals surface area contributed by atoms with Gasteiger partial charge in [0.25, 0.3) is 5.91 Å². The fraction of sp³-hybridized carbons (Fsp3) is 0.312. The molecule has 1 fully saturated rings. The number of halogens is 1. The van der Waals surface area contributed by atoms with Gasteiger partial charge in [-0.25, -0.2) is 4.39 Å². The van der Waals surface area contributed by atoms with Crippen molar-refractivity contribution < 1.29 is 18.7 Å². The molecule has 7 heteroatoms. The molecule has 2 rings (SSSR count). The van der Waals surface area contributed by atoms with Crippen molar-refractivity contribution in [2.45, 2.75) is 19.8 Å². The van der Waals surface area contributed by atoms with E-state index >= 15 is 0 Å². The molecule has 1 aromatic carbocycles. The molecule has 1 amide bonds. The van der Waals surface area contributed by atoms with Gasteiger partial charge >= 0.3 is 5.97 Å². The Morgan fingerprint density at radius 2 is 2.17 bits per heavy atom. The van der Waals surface area contributed by atoms with Crippen molar-refractivity contribution in [2.24, 2.45) is 0 Å². The SMILES string of the molecule is CCCCOC(=O)CN1C(=O)/C(=C/c2ccccc2F)SC1=S. The Labute approximate surface area is 143 Å². The number of thioether (sulfide) groups is 1. The van der Waals surface area contributed by atoms with Crippen molar-refractivity contribution in [3.05, 3.63) is 40.6 Å². The van der Waals surface area contributed by atoms with E-state index in [-0.39, 0.29) is 10.9 Å². The number of hydrogen-bond donors (Lipinski definition) is 0. The van der Waals surface area contributed by atoms with Gasteiger partial charge in [-0.15, -0.1) is 0 Å². The van der Waals surface area contributed by atoms with Crippen molar-refractivity contribution in [2.75, 3.05) is 13.2 Å². The molecule has 0 atom stereocenters. The Hall–Kier alpha value is -1.73. The highest BCUT2D eigenvalue weighted by Gasteiger charge is 2.33. The van der Waals surface area contributed by atoms with E-state index in [1.165, 1.54) is 17.0 Å². The summed E-state index contributed by atoms with van der Waals surface area (Å²) in [6.07, 6.45) is 3.13. The summed E-state index contributed by atoms with van der Waals surface area (Å²) in [6.45, 7) is 2.10. The first-order valence-corrected chi connectivity index (χ1v) is 8.41. The third kappa shape index (κ3) is 4.62. The van der Waals surface area contributed by atoms with Crippen LogP contribution < -0.4 is 0 Å². The van der Waals surface area contributed by atoms with Crippen LogP contribution in [-0.4, -0.2) is 34.2 Å². The number of rotatable bonds is 6. The van der Waals surface area contributed by atoms with E-state index in [1.807, 2.05) is 6.92 Å². The molecule has 0 aromatic heterocycles. The number of amides is 1. The zero-order valence-electron chi connectivity index (χ0n) is 12.6. The zero-order valence-corrected chi connectivity index (χ0v) is 14.2. The van der Waals surface area contributed by atoms with Crippen LogP contribution in [0.3, 0.4) is 0 Å². The summed E-state index contributed by atoms with van der Waals surface area (Å²) < 4.78 is 19.0. The lowest BCUT2D eigenvalue weighted by atomic mass is 10.2. The van der Waals surface area contributed by atoms with E-state index in [4.69, 9.17) is 17.0 Å². The summed E-state index contributed by atoms with van der Waals surface area (Å²) in [5, 5.41) is 0. The van der Waals surface area contributed by atoms with Gasteiger partial charge in [0, 0.05) is 5.56 Å². The van der Waals surface area contributed by atoms with E-state index in [0.717, 1.165) is 24.6 Å². The third-order valence-corrected chi connectivity index (χ3v) is 4.49. The number of carbonyl (C=O) groups excluding carboxylic acids is 2. The second kappa shape index (κ2) is 8.21. The Bertz CT molecular complexity index is 660. The molecule has 0 bridgehead atoms. The molecule has 122 valence electrons. The Morgan fingerprint density at radius 3 is 2.87 bits per heavy atom. The fourth-order valence-electron chi connectivity index (χ4n) is 1.87. The molecule has 0 spiro atoms. The second-order valence-electron chi connectivity index (χ2n) is 4.86. The first-order chi connectivity index (χ1) is 11.0. The lowest BCUT2D eigenvalue weighted by Gasteiger charge is -2.13. The van der Waals surface area contributed by atoms with Gasteiger partial charge in [0.1, 0.15) is 16.7 Å². The molecular weight excluding hydrogens is 337 g/mol. The first-order valence-electron chi connectivity index (χ1n) is 7.18. The highest BCUT2D eigenvalue weighted by atomic mass is 32.2. The van der Waals surface area contributed by atoms with Crippen LogP contribution in [0.5, 0.6) is 0 Å². The molecule has 1 saturated heterocycles. The lowest BCUT2D eigenvalue weighted by Crippen LogP contribution is -2.34. The molecule has 1 heterocycles. The molecule has 0 radical (unpaired) electrons.